The fourth-order valence-corrected chi connectivity index (χ4v) is 1.88. The van der Waals surface area contributed by atoms with E-state index in [-0.39, 0.29) is 11.0 Å². The zero-order chi connectivity index (χ0) is 15.7. The highest BCUT2D eigenvalue weighted by molar-refractivity contribution is 5.94. The van der Waals surface area contributed by atoms with E-state index in [9.17, 15) is 22.4 Å². The molecule has 0 aliphatic rings. The number of carbonyl (C=O) groups excluding carboxylic acids is 1. The van der Waals surface area contributed by atoms with Crippen molar-refractivity contribution in [3.8, 4) is 0 Å². The van der Waals surface area contributed by atoms with Crippen molar-refractivity contribution in [1.82, 2.24) is 4.90 Å². The van der Waals surface area contributed by atoms with Crippen molar-refractivity contribution in [2.24, 2.45) is 5.41 Å². The first-order valence-corrected chi connectivity index (χ1v) is 6.04. The molecule has 0 N–H and O–H groups in total. The van der Waals surface area contributed by atoms with Gasteiger partial charge < -0.3 is 4.90 Å². The summed E-state index contributed by atoms with van der Waals surface area (Å²) in [5.74, 6) is -1.95. The van der Waals surface area contributed by atoms with E-state index in [4.69, 9.17) is 0 Å². The third-order valence-corrected chi connectivity index (χ3v) is 2.58. The van der Waals surface area contributed by atoms with Gasteiger partial charge in [0, 0.05) is 19.2 Å². The highest BCUT2D eigenvalue weighted by Gasteiger charge is 2.35. The normalized spacial score (nSPS) is 12.4. The van der Waals surface area contributed by atoms with Crippen molar-refractivity contribution in [3.63, 3.8) is 0 Å². The first kappa shape index (κ1) is 16.5. The Morgan fingerprint density at radius 2 is 1.75 bits per heavy atom. The maximum atomic E-state index is 13.2. The van der Waals surface area contributed by atoms with Crippen LogP contribution in [0.2, 0.25) is 0 Å². The smallest absolute Gasteiger partial charge is 0.341 e. The molecule has 0 unspecified atom stereocenters. The lowest BCUT2D eigenvalue weighted by molar-refractivity contribution is -0.140. The van der Waals surface area contributed by atoms with Gasteiger partial charge in [-0.2, -0.15) is 13.2 Å². The zero-order valence-corrected chi connectivity index (χ0v) is 11.8. The lowest BCUT2D eigenvalue weighted by Crippen LogP contribution is -2.34. The molecule has 0 spiro atoms. The van der Waals surface area contributed by atoms with Gasteiger partial charge in [-0.05, 0) is 23.6 Å². The zero-order valence-electron chi connectivity index (χ0n) is 11.8. The van der Waals surface area contributed by atoms with Gasteiger partial charge in [0.2, 0.25) is 0 Å². The van der Waals surface area contributed by atoms with Gasteiger partial charge >= 0.3 is 6.18 Å². The summed E-state index contributed by atoms with van der Waals surface area (Å²) in [4.78, 5) is 13.4. The average molecular weight is 291 g/mol. The minimum atomic E-state index is -4.82. The largest absolute Gasteiger partial charge is 0.419 e. The molecule has 0 bridgehead atoms. The molecule has 0 radical (unpaired) electrons. The molecule has 0 heterocycles. The Labute approximate surface area is 115 Å². The molecule has 0 fully saturated rings. The van der Waals surface area contributed by atoms with Crippen LogP contribution in [0.5, 0.6) is 0 Å². The van der Waals surface area contributed by atoms with E-state index >= 15 is 0 Å². The Morgan fingerprint density at radius 3 is 2.20 bits per heavy atom. The van der Waals surface area contributed by atoms with Crippen LogP contribution in [0.15, 0.2) is 18.2 Å². The Kier molecular flexibility index (Phi) is 4.46. The van der Waals surface area contributed by atoms with E-state index in [1.807, 2.05) is 20.8 Å². The van der Waals surface area contributed by atoms with Crippen LogP contribution in [0.1, 0.15) is 36.7 Å². The molecule has 1 aromatic rings. The Balaban J connectivity index is 3.06. The number of amides is 1. The van der Waals surface area contributed by atoms with Crippen molar-refractivity contribution in [1.29, 1.82) is 0 Å². The summed E-state index contributed by atoms with van der Waals surface area (Å²) in [5, 5.41) is 0. The molecule has 0 saturated carbocycles. The highest BCUT2D eigenvalue weighted by atomic mass is 19.4. The van der Waals surface area contributed by atoms with Gasteiger partial charge in [0.25, 0.3) is 5.91 Å². The van der Waals surface area contributed by atoms with Crippen molar-refractivity contribution >= 4 is 5.91 Å². The monoisotopic (exact) mass is 291 g/mol. The predicted octanol–water partition coefficient (Wildman–Crippen LogP) is 3.96. The van der Waals surface area contributed by atoms with Crippen molar-refractivity contribution in [2.75, 3.05) is 13.6 Å². The summed E-state index contributed by atoms with van der Waals surface area (Å²) in [6.07, 6.45) is -4.82. The van der Waals surface area contributed by atoms with E-state index < -0.39 is 23.5 Å². The standard InChI is InChI=1S/C14H17F4NO/c1-13(2,3)8-19(4)12(20)9-5-6-11(15)10(7-9)14(16,17)18/h5-7H,8H2,1-4H3. The van der Waals surface area contributed by atoms with Crippen LogP contribution >= 0.6 is 0 Å². The number of nitrogens with zero attached hydrogens (tertiary/aromatic N) is 1. The lowest BCUT2D eigenvalue weighted by Gasteiger charge is -2.26. The summed E-state index contributed by atoms with van der Waals surface area (Å²) in [5.41, 5.74) is -1.78. The second-order valence-corrected chi connectivity index (χ2v) is 5.91. The molecule has 0 atom stereocenters. The fraction of sp³-hybridized carbons (Fsp3) is 0.500. The molecule has 1 aromatic carbocycles. The Morgan fingerprint density at radius 1 is 1.20 bits per heavy atom. The van der Waals surface area contributed by atoms with E-state index in [2.05, 4.69) is 0 Å². The second kappa shape index (κ2) is 5.42. The number of hydrogen-bond acceptors (Lipinski definition) is 1. The molecular formula is C14H17F4NO. The van der Waals surface area contributed by atoms with Gasteiger partial charge in [0.05, 0.1) is 5.56 Å². The predicted molar refractivity (Wildman–Crippen MR) is 67.8 cm³/mol. The minimum absolute atomic E-state index is 0.175. The molecule has 0 aliphatic heterocycles. The van der Waals surface area contributed by atoms with Crippen LogP contribution in [0.3, 0.4) is 0 Å². The third-order valence-electron chi connectivity index (χ3n) is 2.58. The number of benzene rings is 1. The van der Waals surface area contributed by atoms with E-state index in [0.29, 0.717) is 18.7 Å². The summed E-state index contributed by atoms with van der Waals surface area (Å²) in [7, 11) is 1.50. The molecule has 1 amide bonds. The lowest BCUT2D eigenvalue weighted by atomic mass is 9.96. The molecule has 0 saturated heterocycles. The maximum Gasteiger partial charge on any atom is 0.419 e. The molecule has 1 rings (SSSR count). The quantitative estimate of drug-likeness (QED) is 0.755. The highest BCUT2D eigenvalue weighted by Crippen LogP contribution is 2.32. The molecule has 0 aromatic heterocycles. The van der Waals surface area contributed by atoms with Crippen LogP contribution < -0.4 is 0 Å². The van der Waals surface area contributed by atoms with E-state index in [1.165, 1.54) is 11.9 Å². The number of alkyl halides is 3. The topological polar surface area (TPSA) is 20.3 Å². The van der Waals surface area contributed by atoms with Crippen LogP contribution in [-0.4, -0.2) is 24.4 Å². The molecule has 112 valence electrons. The SMILES string of the molecule is CN(CC(C)(C)C)C(=O)c1ccc(F)c(C(F)(F)F)c1. The van der Waals surface area contributed by atoms with Crippen molar-refractivity contribution in [3.05, 3.63) is 35.1 Å². The number of rotatable bonds is 2. The molecule has 6 heteroatoms. The average Bonchev–Trinajstić information content (AvgIpc) is 2.24. The van der Waals surface area contributed by atoms with Crippen LogP contribution in [0.25, 0.3) is 0 Å². The molecule has 2 nitrogen and oxygen atoms in total. The van der Waals surface area contributed by atoms with Gasteiger partial charge in [-0.15, -0.1) is 0 Å². The molecule has 20 heavy (non-hydrogen) atoms. The van der Waals surface area contributed by atoms with Crippen LogP contribution in [0, 0.1) is 11.2 Å². The van der Waals surface area contributed by atoms with Crippen molar-refractivity contribution in [2.45, 2.75) is 26.9 Å². The summed E-state index contributed by atoms with van der Waals surface area (Å²) in [6.45, 7) is 6.10. The van der Waals surface area contributed by atoms with Gasteiger partial charge in [-0.3, -0.25) is 4.79 Å². The number of carbonyl (C=O) groups is 1. The number of halogens is 4. The molecule has 0 aliphatic carbocycles. The van der Waals surface area contributed by atoms with Crippen LogP contribution in [-0.2, 0) is 6.18 Å². The summed E-state index contributed by atoms with van der Waals surface area (Å²) in [6, 6.07) is 2.28. The molecular weight excluding hydrogens is 274 g/mol. The van der Waals surface area contributed by atoms with Crippen LogP contribution in [0.4, 0.5) is 17.6 Å². The van der Waals surface area contributed by atoms with E-state index in [0.717, 1.165) is 6.07 Å². The Hall–Kier alpha value is -1.59. The summed E-state index contributed by atoms with van der Waals surface area (Å²) < 4.78 is 51.0. The summed E-state index contributed by atoms with van der Waals surface area (Å²) >= 11 is 0. The minimum Gasteiger partial charge on any atom is -0.341 e. The first-order chi connectivity index (χ1) is 8.92. The number of hydrogen-bond donors (Lipinski definition) is 0. The van der Waals surface area contributed by atoms with Gasteiger partial charge in [-0.25, -0.2) is 4.39 Å². The fourth-order valence-electron chi connectivity index (χ4n) is 1.88. The van der Waals surface area contributed by atoms with Crippen molar-refractivity contribution < 1.29 is 22.4 Å². The van der Waals surface area contributed by atoms with E-state index in [1.54, 1.807) is 0 Å². The van der Waals surface area contributed by atoms with Gasteiger partial charge in [0.15, 0.2) is 0 Å². The van der Waals surface area contributed by atoms with Gasteiger partial charge in [0.1, 0.15) is 5.82 Å². The maximum absolute atomic E-state index is 13.2. The Bertz CT molecular complexity index is 503. The first-order valence-electron chi connectivity index (χ1n) is 6.04. The van der Waals surface area contributed by atoms with Gasteiger partial charge in [-0.1, -0.05) is 20.8 Å². The third kappa shape index (κ3) is 4.21. The second-order valence-electron chi connectivity index (χ2n) is 5.91.